The molecule has 4 aliphatic rings. The second kappa shape index (κ2) is 10.4. The fourth-order valence-electron chi connectivity index (χ4n) is 8.79. The van der Waals surface area contributed by atoms with Crippen molar-refractivity contribution in [3.8, 4) is 22.8 Å². The van der Waals surface area contributed by atoms with Crippen molar-refractivity contribution in [3.63, 3.8) is 0 Å². The fraction of sp³-hybridized carbons (Fsp3) is 0.353. The van der Waals surface area contributed by atoms with Crippen molar-refractivity contribution in [3.05, 3.63) is 71.9 Å². The molecule has 0 spiro atoms. The van der Waals surface area contributed by atoms with E-state index in [-0.39, 0.29) is 11.6 Å². The summed E-state index contributed by atoms with van der Waals surface area (Å²) in [6, 6.07) is 17.7. The molecule has 226 valence electrons. The molecule has 10 nitrogen and oxygen atoms in total. The lowest BCUT2D eigenvalue weighted by Crippen LogP contribution is -2.68. The molecule has 4 aliphatic carbocycles. The number of amides is 2. The molecule has 3 aromatic carbocycles. The molecular weight excluding hydrogens is 560 g/mol. The third-order valence-corrected chi connectivity index (χ3v) is 10.1. The lowest BCUT2D eigenvalue weighted by molar-refractivity contribution is -0.157. The standard InChI is InChI=1S/C34H34N4O6/c1-43-27-8-5-9-28(44-2)29(27)24-15-25(37-36-24)32(40)38(26-11-10-23(31(35)39)21-6-3-4-7-22(21)26)34-16-18-12-19(17-34)14-20(13-18)30(34)33(41)42/h3-11,15,18-20,30H,12-14,16-17H2,1-2H3,(H2,35,39)(H,36,37)(H,41,42). The van der Waals surface area contributed by atoms with E-state index in [1.165, 1.54) is 0 Å². The molecule has 0 saturated heterocycles. The van der Waals surface area contributed by atoms with Crippen molar-refractivity contribution < 1.29 is 29.0 Å². The average Bonchev–Trinajstić information content (AvgIpc) is 3.50. The van der Waals surface area contributed by atoms with Gasteiger partial charge in [0.1, 0.15) is 11.5 Å². The topological polar surface area (TPSA) is 148 Å². The molecule has 4 aromatic rings. The van der Waals surface area contributed by atoms with Gasteiger partial charge in [-0.2, -0.15) is 5.10 Å². The maximum absolute atomic E-state index is 14.9. The van der Waals surface area contributed by atoms with Gasteiger partial charge in [-0.05, 0) is 85.6 Å². The van der Waals surface area contributed by atoms with Gasteiger partial charge in [-0.25, -0.2) is 0 Å². The van der Waals surface area contributed by atoms with E-state index >= 15 is 0 Å². The molecule has 4 fully saturated rings. The van der Waals surface area contributed by atoms with E-state index in [9.17, 15) is 19.5 Å². The zero-order valence-electron chi connectivity index (χ0n) is 24.6. The number of rotatable bonds is 8. The molecule has 0 aliphatic heterocycles. The third-order valence-electron chi connectivity index (χ3n) is 10.1. The SMILES string of the molecule is COc1cccc(OC)c1-c1cc(C(=O)N(c2ccc(C(N)=O)c3ccccc23)C23CC4CC(CC(C4)C2C(=O)O)C3)n[nH]1. The number of carbonyl (C=O) groups is 3. The van der Waals surface area contributed by atoms with Crippen LogP contribution >= 0.6 is 0 Å². The number of anilines is 1. The van der Waals surface area contributed by atoms with E-state index < -0.39 is 29.2 Å². The Bertz CT molecular complexity index is 1780. The van der Waals surface area contributed by atoms with Gasteiger partial charge >= 0.3 is 5.97 Å². The number of carboxylic acids is 1. The van der Waals surface area contributed by atoms with E-state index in [4.69, 9.17) is 15.2 Å². The number of carboxylic acid groups (broad SMARTS) is 1. The molecule has 44 heavy (non-hydrogen) atoms. The number of nitrogens with two attached hydrogens (primary N) is 1. The summed E-state index contributed by atoms with van der Waals surface area (Å²) in [5.41, 5.74) is 6.93. The highest BCUT2D eigenvalue weighted by Crippen LogP contribution is 2.62. The van der Waals surface area contributed by atoms with Crippen LogP contribution in [0.3, 0.4) is 0 Å². The molecule has 1 heterocycles. The van der Waals surface area contributed by atoms with Crippen LogP contribution in [-0.2, 0) is 4.79 Å². The summed E-state index contributed by atoms with van der Waals surface area (Å²) < 4.78 is 11.2. The first-order valence-corrected chi connectivity index (χ1v) is 14.9. The Kier molecular flexibility index (Phi) is 6.60. The monoisotopic (exact) mass is 594 g/mol. The molecule has 1 aromatic heterocycles. The van der Waals surface area contributed by atoms with Crippen molar-refractivity contribution in [2.24, 2.45) is 29.4 Å². The molecule has 3 unspecified atom stereocenters. The molecule has 4 N–H and O–H groups in total. The Morgan fingerprint density at radius 3 is 2.20 bits per heavy atom. The highest BCUT2D eigenvalue weighted by Gasteiger charge is 2.63. The number of ether oxygens (including phenoxy) is 2. The van der Waals surface area contributed by atoms with Crippen LogP contribution in [0.2, 0.25) is 0 Å². The van der Waals surface area contributed by atoms with E-state index in [0.717, 1.165) is 19.3 Å². The lowest BCUT2D eigenvalue weighted by atomic mass is 9.47. The number of hydrogen-bond donors (Lipinski definition) is 3. The van der Waals surface area contributed by atoms with Crippen LogP contribution in [0, 0.1) is 23.7 Å². The number of methoxy groups -OCH3 is 2. The molecule has 4 saturated carbocycles. The lowest BCUT2D eigenvalue weighted by Gasteiger charge is -2.63. The van der Waals surface area contributed by atoms with Crippen molar-refractivity contribution in [1.29, 1.82) is 0 Å². The Balaban J connectivity index is 1.44. The number of fused-ring (bicyclic) bond motifs is 1. The number of hydrogen-bond acceptors (Lipinski definition) is 6. The minimum atomic E-state index is -0.962. The largest absolute Gasteiger partial charge is 0.496 e. The summed E-state index contributed by atoms with van der Waals surface area (Å²) >= 11 is 0. The first kappa shape index (κ1) is 27.9. The Hall–Kier alpha value is -4.86. The smallest absolute Gasteiger partial charge is 0.309 e. The Morgan fingerprint density at radius 2 is 1.59 bits per heavy atom. The summed E-state index contributed by atoms with van der Waals surface area (Å²) in [5, 5.41) is 19.4. The van der Waals surface area contributed by atoms with Gasteiger partial charge in [-0.15, -0.1) is 0 Å². The van der Waals surface area contributed by atoms with Crippen LogP contribution < -0.4 is 20.1 Å². The number of aromatic amines is 1. The molecule has 3 atom stereocenters. The summed E-state index contributed by atoms with van der Waals surface area (Å²) in [4.78, 5) is 42.1. The van der Waals surface area contributed by atoms with E-state index in [0.29, 0.717) is 69.5 Å². The second-order valence-electron chi connectivity index (χ2n) is 12.4. The van der Waals surface area contributed by atoms with Crippen LogP contribution in [-0.4, -0.2) is 52.8 Å². The normalized spacial score (nSPS) is 25.1. The minimum Gasteiger partial charge on any atom is -0.496 e. The maximum Gasteiger partial charge on any atom is 0.309 e. The highest BCUT2D eigenvalue weighted by atomic mass is 16.5. The minimum absolute atomic E-state index is 0.0159. The van der Waals surface area contributed by atoms with Gasteiger partial charge < -0.3 is 20.3 Å². The summed E-state index contributed by atoms with van der Waals surface area (Å²) in [6.07, 6.45) is 3.95. The number of aromatic nitrogens is 2. The summed E-state index contributed by atoms with van der Waals surface area (Å²) in [7, 11) is 3.12. The quantitative estimate of drug-likeness (QED) is 0.252. The number of H-pyrrole nitrogens is 1. The number of benzene rings is 3. The van der Waals surface area contributed by atoms with Gasteiger partial charge in [-0.1, -0.05) is 30.3 Å². The van der Waals surface area contributed by atoms with Crippen LogP contribution in [0.5, 0.6) is 11.5 Å². The first-order valence-electron chi connectivity index (χ1n) is 14.9. The molecule has 0 radical (unpaired) electrons. The van der Waals surface area contributed by atoms with Gasteiger partial charge in [0.25, 0.3) is 5.91 Å². The average molecular weight is 595 g/mol. The predicted octanol–water partition coefficient (Wildman–Crippen LogP) is 5.27. The summed E-state index contributed by atoms with van der Waals surface area (Å²) in [5.74, 6) is -0.860. The van der Waals surface area contributed by atoms with E-state index in [1.54, 1.807) is 55.5 Å². The van der Waals surface area contributed by atoms with E-state index in [2.05, 4.69) is 10.2 Å². The van der Waals surface area contributed by atoms with Crippen molar-refractivity contribution >= 4 is 34.2 Å². The van der Waals surface area contributed by atoms with Crippen LogP contribution in [0.1, 0.15) is 53.0 Å². The van der Waals surface area contributed by atoms with Gasteiger partial charge in [0.15, 0.2) is 5.69 Å². The molecule has 4 bridgehead atoms. The van der Waals surface area contributed by atoms with Crippen molar-refractivity contribution in [1.82, 2.24) is 10.2 Å². The highest BCUT2D eigenvalue weighted by molar-refractivity contribution is 6.15. The number of nitrogens with one attached hydrogen (secondary N) is 1. The van der Waals surface area contributed by atoms with Gasteiger partial charge in [0.05, 0.1) is 42.6 Å². The van der Waals surface area contributed by atoms with Gasteiger partial charge in [0, 0.05) is 10.9 Å². The van der Waals surface area contributed by atoms with Crippen molar-refractivity contribution in [2.45, 2.75) is 37.6 Å². The second-order valence-corrected chi connectivity index (χ2v) is 12.4. The fourth-order valence-corrected chi connectivity index (χ4v) is 8.79. The molecule has 10 heteroatoms. The number of primary amides is 1. The Labute approximate surface area is 254 Å². The zero-order valence-corrected chi connectivity index (χ0v) is 24.6. The number of carbonyl (C=O) groups excluding carboxylic acids is 2. The van der Waals surface area contributed by atoms with Gasteiger partial charge in [-0.3, -0.25) is 24.4 Å². The molecule has 8 rings (SSSR count). The Morgan fingerprint density at radius 1 is 0.932 bits per heavy atom. The third kappa shape index (κ3) is 4.15. The van der Waals surface area contributed by atoms with Crippen LogP contribution in [0.25, 0.3) is 22.0 Å². The number of aliphatic carboxylic acids is 1. The van der Waals surface area contributed by atoms with Crippen LogP contribution in [0.4, 0.5) is 5.69 Å². The molecular formula is C34H34N4O6. The van der Waals surface area contributed by atoms with Crippen molar-refractivity contribution in [2.75, 3.05) is 19.1 Å². The van der Waals surface area contributed by atoms with Crippen LogP contribution in [0.15, 0.2) is 60.7 Å². The first-order chi connectivity index (χ1) is 21.3. The van der Waals surface area contributed by atoms with E-state index in [1.807, 2.05) is 24.3 Å². The number of nitrogens with zero attached hydrogens (tertiary/aromatic N) is 2. The molecule has 2 amide bonds. The maximum atomic E-state index is 14.9. The van der Waals surface area contributed by atoms with Gasteiger partial charge in [0.2, 0.25) is 5.91 Å². The zero-order chi connectivity index (χ0) is 30.7. The predicted molar refractivity (Wildman–Crippen MR) is 164 cm³/mol. The summed E-state index contributed by atoms with van der Waals surface area (Å²) in [6.45, 7) is 0.